The van der Waals surface area contributed by atoms with Gasteiger partial charge in [-0.2, -0.15) is 0 Å². The highest BCUT2D eigenvalue weighted by Gasteiger charge is 2.25. The van der Waals surface area contributed by atoms with Gasteiger partial charge < -0.3 is 10.4 Å². The predicted octanol–water partition coefficient (Wildman–Crippen LogP) is -0.719. The molecule has 1 unspecified atom stereocenters. The zero-order chi connectivity index (χ0) is 9.84. The quantitative estimate of drug-likeness (QED) is 0.608. The number of aliphatic carboxylic acids is 1. The Morgan fingerprint density at radius 3 is 2.69 bits per heavy atom. The lowest BCUT2D eigenvalue weighted by atomic mass is 10.1. The van der Waals surface area contributed by atoms with E-state index in [2.05, 4.69) is 5.32 Å². The number of carbonyl (C=O) groups is 2. The second kappa shape index (κ2) is 4.23. The first-order chi connectivity index (χ1) is 6.09. The predicted molar refractivity (Wildman–Crippen MR) is 46.3 cm³/mol. The monoisotopic (exact) mass is 186 g/mol. The third-order valence-electron chi connectivity index (χ3n) is 2.24. The fourth-order valence-electron chi connectivity index (χ4n) is 1.22. The van der Waals surface area contributed by atoms with Crippen molar-refractivity contribution in [2.45, 2.75) is 19.4 Å². The highest BCUT2D eigenvalue weighted by molar-refractivity contribution is 5.82. The van der Waals surface area contributed by atoms with E-state index in [0.29, 0.717) is 12.6 Å². The molecule has 5 nitrogen and oxygen atoms in total. The maximum atomic E-state index is 11.1. The van der Waals surface area contributed by atoms with E-state index in [9.17, 15) is 9.59 Å². The van der Waals surface area contributed by atoms with Gasteiger partial charge in [-0.25, -0.2) is 0 Å². The largest absolute Gasteiger partial charge is 0.480 e. The normalized spacial score (nSPS) is 22.1. The second-order valence-corrected chi connectivity index (χ2v) is 3.28. The van der Waals surface area contributed by atoms with Gasteiger partial charge in [-0.15, -0.1) is 0 Å². The van der Waals surface area contributed by atoms with E-state index >= 15 is 0 Å². The van der Waals surface area contributed by atoms with Crippen LogP contribution in [0.5, 0.6) is 0 Å². The minimum atomic E-state index is -1.01. The molecule has 2 N–H and O–H groups in total. The van der Waals surface area contributed by atoms with Crippen molar-refractivity contribution in [3.63, 3.8) is 0 Å². The van der Waals surface area contributed by atoms with Crippen molar-refractivity contribution >= 4 is 11.9 Å². The van der Waals surface area contributed by atoms with Crippen LogP contribution in [-0.4, -0.2) is 47.6 Å². The average Bonchev–Trinajstić information content (AvgIpc) is 2.08. The molecule has 0 saturated carbocycles. The molecule has 0 aliphatic carbocycles. The van der Waals surface area contributed by atoms with Gasteiger partial charge in [0, 0.05) is 12.6 Å². The van der Waals surface area contributed by atoms with Crippen LogP contribution < -0.4 is 5.32 Å². The topological polar surface area (TPSA) is 69.6 Å². The lowest BCUT2D eigenvalue weighted by Gasteiger charge is -2.37. The van der Waals surface area contributed by atoms with E-state index in [1.54, 1.807) is 0 Å². The highest BCUT2D eigenvalue weighted by Crippen LogP contribution is 2.14. The van der Waals surface area contributed by atoms with Gasteiger partial charge >= 0.3 is 5.97 Å². The van der Waals surface area contributed by atoms with Crippen molar-refractivity contribution in [3.05, 3.63) is 0 Å². The molecule has 13 heavy (non-hydrogen) atoms. The molecular weight excluding hydrogens is 172 g/mol. The van der Waals surface area contributed by atoms with E-state index in [1.165, 1.54) is 0 Å². The summed E-state index contributed by atoms with van der Waals surface area (Å²) < 4.78 is 0. The fourth-order valence-corrected chi connectivity index (χ4v) is 1.22. The Balaban J connectivity index is 2.14. The Labute approximate surface area is 76.7 Å². The zero-order valence-electron chi connectivity index (χ0n) is 7.62. The number of nitrogens with zero attached hydrogens (tertiary/aromatic N) is 1. The summed E-state index contributed by atoms with van der Waals surface area (Å²) in [5.74, 6) is -1.22. The van der Waals surface area contributed by atoms with E-state index in [0.717, 1.165) is 13.0 Å². The molecule has 1 amide bonds. The number of carboxylic acid groups (broad SMARTS) is 1. The van der Waals surface area contributed by atoms with Crippen LogP contribution >= 0.6 is 0 Å². The van der Waals surface area contributed by atoms with Gasteiger partial charge in [-0.1, -0.05) is 0 Å². The maximum absolute atomic E-state index is 11.1. The van der Waals surface area contributed by atoms with Crippen LogP contribution in [0, 0.1) is 0 Å². The molecule has 0 bridgehead atoms. The summed E-state index contributed by atoms with van der Waals surface area (Å²) in [5, 5.41) is 10.6. The summed E-state index contributed by atoms with van der Waals surface area (Å²) >= 11 is 0. The Hall–Kier alpha value is -1.10. The van der Waals surface area contributed by atoms with Crippen LogP contribution in [0.25, 0.3) is 0 Å². The van der Waals surface area contributed by atoms with Crippen molar-refractivity contribution in [3.8, 4) is 0 Å². The van der Waals surface area contributed by atoms with Crippen LogP contribution in [0.4, 0.5) is 0 Å². The molecule has 5 heteroatoms. The molecule has 0 spiro atoms. The van der Waals surface area contributed by atoms with Gasteiger partial charge in [0.2, 0.25) is 5.91 Å². The Morgan fingerprint density at radius 2 is 2.31 bits per heavy atom. The average molecular weight is 186 g/mol. The summed E-state index contributed by atoms with van der Waals surface area (Å²) in [6.07, 6.45) is 1.12. The molecular formula is C8H14N2O3. The van der Waals surface area contributed by atoms with Gasteiger partial charge in [-0.05, 0) is 13.3 Å². The van der Waals surface area contributed by atoms with Crippen LogP contribution in [0.2, 0.25) is 0 Å². The van der Waals surface area contributed by atoms with E-state index < -0.39 is 5.97 Å². The van der Waals surface area contributed by atoms with Crippen LogP contribution in [0.15, 0.2) is 0 Å². The maximum Gasteiger partial charge on any atom is 0.322 e. The number of carboxylic acids is 1. The highest BCUT2D eigenvalue weighted by atomic mass is 16.4. The Morgan fingerprint density at radius 1 is 1.62 bits per heavy atom. The van der Waals surface area contributed by atoms with Crippen molar-refractivity contribution in [2.75, 3.05) is 19.6 Å². The number of rotatable bonds is 4. The van der Waals surface area contributed by atoms with Gasteiger partial charge in [0.1, 0.15) is 6.54 Å². The lowest BCUT2D eigenvalue weighted by molar-refractivity contribution is -0.138. The van der Waals surface area contributed by atoms with Crippen molar-refractivity contribution in [1.82, 2.24) is 10.2 Å². The molecule has 1 aliphatic heterocycles. The molecule has 1 atom stereocenters. The van der Waals surface area contributed by atoms with Gasteiger partial charge in [-0.3, -0.25) is 14.5 Å². The second-order valence-electron chi connectivity index (χ2n) is 3.28. The summed E-state index contributed by atoms with van der Waals surface area (Å²) in [6.45, 7) is 3.01. The summed E-state index contributed by atoms with van der Waals surface area (Å²) in [7, 11) is 0. The van der Waals surface area contributed by atoms with Crippen molar-refractivity contribution in [2.24, 2.45) is 0 Å². The number of nitrogens with one attached hydrogen (secondary N) is 1. The minimum absolute atomic E-state index is 0.214. The third kappa shape index (κ3) is 3.02. The van der Waals surface area contributed by atoms with Crippen molar-refractivity contribution in [1.29, 1.82) is 0 Å². The number of hydrogen-bond acceptors (Lipinski definition) is 3. The summed E-state index contributed by atoms with van der Waals surface area (Å²) in [5.41, 5.74) is 0. The van der Waals surface area contributed by atoms with Crippen LogP contribution in [-0.2, 0) is 9.59 Å². The molecule has 0 aromatic carbocycles. The van der Waals surface area contributed by atoms with Gasteiger partial charge in [0.05, 0.1) is 6.54 Å². The van der Waals surface area contributed by atoms with Crippen LogP contribution in [0.3, 0.4) is 0 Å². The lowest BCUT2D eigenvalue weighted by Crippen LogP contribution is -2.50. The van der Waals surface area contributed by atoms with E-state index in [-0.39, 0.29) is 12.5 Å². The molecule has 1 fully saturated rings. The molecule has 1 saturated heterocycles. The SMILES string of the molecule is CC1CCN1CC(=O)NCC(=O)O. The fraction of sp³-hybridized carbons (Fsp3) is 0.750. The molecule has 1 heterocycles. The third-order valence-corrected chi connectivity index (χ3v) is 2.24. The molecule has 0 aromatic heterocycles. The first-order valence-electron chi connectivity index (χ1n) is 4.32. The molecule has 74 valence electrons. The van der Waals surface area contributed by atoms with E-state index in [1.807, 2.05) is 11.8 Å². The van der Waals surface area contributed by atoms with Gasteiger partial charge in [0.25, 0.3) is 0 Å². The number of hydrogen-bond donors (Lipinski definition) is 2. The molecule has 0 radical (unpaired) electrons. The number of likely N-dealkylation sites (tertiary alicyclic amines) is 1. The molecule has 0 aromatic rings. The number of amides is 1. The smallest absolute Gasteiger partial charge is 0.322 e. The van der Waals surface area contributed by atoms with Crippen LogP contribution in [0.1, 0.15) is 13.3 Å². The Bertz CT molecular complexity index is 217. The van der Waals surface area contributed by atoms with Gasteiger partial charge in [0.15, 0.2) is 0 Å². The summed E-state index contributed by atoms with van der Waals surface area (Å²) in [6, 6.07) is 0.454. The zero-order valence-corrected chi connectivity index (χ0v) is 7.62. The Kier molecular flexibility index (Phi) is 3.25. The first-order valence-corrected chi connectivity index (χ1v) is 4.32. The molecule has 1 aliphatic rings. The van der Waals surface area contributed by atoms with Crippen molar-refractivity contribution < 1.29 is 14.7 Å². The first kappa shape index (κ1) is 9.98. The minimum Gasteiger partial charge on any atom is -0.480 e. The van der Waals surface area contributed by atoms with E-state index in [4.69, 9.17) is 5.11 Å². The standard InChI is InChI=1S/C8H14N2O3/c1-6-2-3-10(6)5-7(11)9-4-8(12)13/h6H,2-5H2,1H3,(H,9,11)(H,12,13). The molecule has 1 rings (SSSR count). The summed E-state index contributed by atoms with van der Waals surface area (Å²) in [4.78, 5) is 23.2. The number of carbonyl (C=O) groups excluding carboxylic acids is 1.